The number of halogens is 3. The summed E-state index contributed by atoms with van der Waals surface area (Å²) in [5.74, 6) is -1.64. The van der Waals surface area contributed by atoms with Crippen LogP contribution in [0.2, 0.25) is 10.0 Å². The molecule has 5 nitrogen and oxygen atoms in total. The molecule has 21 heavy (non-hydrogen) atoms. The quantitative estimate of drug-likeness (QED) is 0.766. The van der Waals surface area contributed by atoms with E-state index in [0.29, 0.717) is 6.42 Å². The number of nitrogens with one attached hydrogen (secondary N) is 2. The lowest BCUT2D eigenvalue weighted by Gasteiger charge is -2.23. The summed E-state index contributed by atoms with van der Waals surface area (Å²) in [4.78, 5) is 22.9. The molecular weight excluding hydrogens is 322 g/mol. The molecule has 0 aromatic heterocycles. The second kappa shape index (κ2) is 6.95. The predicted molar refractivity (Wildman–Crippen MR) is 79.5 cm³/mol. The zero-order valence-corrected chi connectivity index (χ0v) is 13.0. The van der Waals surface area contributed by atoms with E-state index in [-0.39, 0.29) is 22.3 Å². The summed E-state index contributed by atoms with van der Waals surface area (Å²) in [6.07, 6.45) is 0.348. The van der Waals surface area contributed by atoms with E-state index in [1.54, 1.807) is 6.92 Å². The van der Waals surface area contributed by atoms with Crippen LogP contribution in [0.5, 0.6) is 0 Å². The monoisotopic (exact) mass is 336 g/mol. The first kappa shape index (κ1) is 17.5. The van der Waals surface area contributed by atoms with Gasteiger partial charge in [0.25, 0.3) is 0 Å². The molecule has 0 fully saturated rings. The van der Waals surface area contributed by atoms with Crippen LogP contribution in [0.1, 0.15) is 20.3 Å². The van der Waals surface area contributed by atoms with Gasteiger partial charge in [-0.1, -0.05) is 30.1 Å². The van der Waals surface area contributed by atoms with Gasteiger partial charge < -0.3 is 15.7 Å². The lowest BCUT2D eigenvalue weighted by molar-refractivity contribution is -0.147. The third-order valence-corrected chi connectivity index (χ3v) is 3.78. The Morgan fingerprint density at radius 2 is 1.86 bits per heavy atom. The lowest BCUT2D eigenvalue weighted by atomic mass is 9.88. The Labute approximate surface area is 131 Å². The van der Waals surface area contributed by atoms with Gasteiger partial charge >= 0.3 is 12.0 Å². The predicted octanol–water partition coefficient (Wildman–Crippen LogP) is 3.75. The van der Waals surface area contributed by atoms with Crippen molar-refractivity contribution in [1.29, 1.82) is 0 Å². The first-order valence-corrected chi connectivity index (χ1v) is 6.88. The number of carboxylic acid groups (broad SMARTS) is 1. The van der Waals surface area contributed by atoms with Gasteiger partial charge in [0, 0.05) is 6.54 Å². The summed E-state index contributed by atoms with van der Waals surface area (Å²) in [7, 11) is 0. The van der Waals surface area contributed by atoms with E-state index in [2.05, 4.69) is 10.6 Å². The Hall–Kier alpha value is -1.53. The van der Waals surface area contributed by atoms with Crippen LogP contribution in [0.4, 0.5) is 14.9 Å². The maximum atomic E-state index is 13.0. The molecule has 8 heteroatoms. The van der Waals surface area contributed by atoms with Crippen LogP contribution in [0, 0.1) is 11.2 Å². The third kappa shape index (κ3) is 4.47. The van der Waals surface area contributed by atoms with Crippen LogP contribution in [0.3, 0.4) is 0 Å². The van der Waals surface area contributed by atoms with Gasteiger partial charge in [0.05, 0.1) is 21.1 Å². The van der Waals surface area contributed by atoms with Crippen molar-refractivity contribution in [1.82, 2.24) is 5.32 Å². The molecule has 1 unspecified atom stereocenters. The SMILES string of the molecule is CCC(C)(CNC(=O)Nc1c(Cl)cc(F)cc1Cl)C(=O)O. The summed E-state index contributed by atoms with van der Waals surface area (Å²) in [5, 5.41) is 13.8. The average molecular weight is 337 g/mol. The van der Waals surface area contributed by atoms with E-state index in [4.69, 9.17) is 28.3 Å². The third-order valence-electron chi connectivity index (χ3n) is 3.18. The summed E-state index contributed by atoms with van der Waals surface area (Å²) >= 11 is 11.6. The number of aliphatic carboxylic acids is 1. The van der Waals surface area contributed by atoms with Crippen molar-refractivity contribution >= 4 is 40.9 Å². The number of hydrogen-bond acceptors (Lipinski definition) is 2. The van der Waals surface area contributed by atoms with Gasteiger partial charge in [0.2, 0.25) is 0 Å². The zero-order chi connectivity index (χ0) is 16.2. The van der Waals surface area contributed by atoms with E-state index in [1.165, 1.54) is 6.92 Å². The Balaban J connectivity index is 2.73. The van der Waals surface area contributed by atoms with Crippen molar-refractivity contribution in [3.05, 3.63) is 28.0 Å². The standard InChI is InChI=1S/C13H15Cl2FN2O3/c1-3-13(2,11(19)20)6-17-12(21)18-10-8(14)4-7(16)5-9(10)15/h4-5H,3,6H2,1-2H3,(H,19,20)(H2,17,18,21). The highest BCUT2D eigenvalue weighted by Crippen LogP contribution is 2.31. The fourth-order valence-corrected chi connectivity index (χ4v) is 2.00. The minimum atomic E-state index is -1.08. The number of carbonyl (C=O) groups excluding carboxylic acids is 1. The molecule has 1 atom stereocenters. The van der Waals surface area contributed by atoms with E-state index in [9.17, 15) is 14.0 Å². The van der Waals surface area contributed by atoms with Crippen molar-refractivity contribution in [2.24, 2.45) is 5.41 Å². The molecule has 1 aromatic rings. The van der Waals surface area contributed by atoms with Crippen LogP contribution in [-0.2, 0) is 4.79 Å². The van der Waals surface area contributed by atoms with Gasteiger partial charge in [-0.05, 0) is 25.5 Å². The largest absolute Gasteiger partial charge is 0.481 e. The summed E-state index contributed by atoms with van der Waals surface area (Å²) in [5.41, 5.74) is -1.01. The molecule has 1 rings (SSSR count). The van der Waals surface area contributed by atoms with Gasteiger partial charge in [-0.2, -0.15) is 0 Å². The fraction of sp³-hybridized carbons (Fsp3) is 0.385. The Morgan fingerprint density at radius 3 is 2.29 bits per heavy atom. The maximum Gasteiger partial charge on any atom is 0.319 e. The van der Waals surface area contributed by atoms with Gasteiger partial charge in [-0.15, -0.1) is 0 Å². The van der Waals surface area contributed by atoms with Crippen molar-refractivity contribution in [3.63, 3.8) is 0 Å². The molecule has 0 saturated carbocycles. The molecule has 0 spiro atoms. The van der Waals surface area contributed by atoms with Gasteiger partial charge in [-0.3, -0.25) is 4.79 Å². The molecule has 2 amide bonds. The molecular formula is C13H15Cl2FN2O3. The molecule has 0 aliphatic heterocycles. The van der Waals surface area contributed by atoms with Crippen molar-refractivity contribution in [3.8, 4) is 0 Å². The summed E-state index contributed by atoms with van der Waals surface area (Å²) in [6.45, 7) is 3.16. The normalized spacial score (nSPS) is 13.4. The number of anilines is 1. The van der Waals surface area contributed by atoms with Crippen LogP contribution in [0.15, 0.2) is 12.1 Å². The Kier molecular flexibility index (Phi) is 5.80. The number of amides is 2. The summed E-state index contributed by atoms with van der Waals surface area (Å²) in [6, 6.07) is 1.35. The smallest absolute Gasteiger partial charge is 0.319 e. The number of hydrogen-bond donors (Lipinski definition) is 3. The fourth-order valence-electron chi connectivity index (χ4n) is 1.45. The number of carboxylic acids is 1. The van der Waals surface area contributed by atoms with Crippen molar-refractivity contribution < 1.29 is 19.1 Å². The Bertz CT molecular complexity index is 545. The topological polar surface area (TPSA) is 78.4 Å². The van der Waals surface area contributed by atoms with Gasteiger partial charge in [0.15, 0.2) is 0 Å². The zero-order valence-electron chi connectivity index (χ0n) is 11.5. The second-order valence-corrected chi connectivity index (χ2v) is 5.59. The molecule has 116 valence electrons. The van der Waals surface area contributed by atoms with Gasteiger partial charge in [-0.25, -0.2) is 9.18 Å². The minimum absolute atomic E-state index is 0.0494. The highest BCUT2D eigenvalue weighted by atomic mass is 35.5. The van der Waals surface area contributed by atoms with Gasteiger partial charge in [0.1, 0.15) is 5.82 Å². The van der Waals surface area contributed by atoms with Crippen LogP contribution in [-0.4, -0.2) is 23.7 Å². The van der Waals surface area contributed by atoms with E-state index >= 15 is 0 Å². The maximum absolute atomic E-state index is 13.0. The van der Waals surface area contributed by atoms with E-state index < -0.39 is 23.2 Å². The number of carbonyl (C=O) groups is 2. The molecule has 0 radical (unpaired) electrons. The molecule has 0 bridgehead atoms. The highest BCUT2D eigenvalue weighted by molar-refractivity contribution is 6.39. The molecule has 0 aliphatic rings. The second-order valence-electron chi connectivity index (χ2n) is 4.77. The average Bonchev–Trinajstić information content (AvgIpc) is 2.39. The lowest BCUT2D eigenvalue weighted by Crippen LogP contribution is -2.42. The Morgan fingerprint density at radius 1 is 1.33 bits per heavy atom. The van der Waals surface area contributed by atoms with E-state index in [1.807, 2.05) is 0 Å². The molecule has 3 N–H and O–H groups in total. The first-order valence-electron chi connectivity index (χ1n) is 6.12. The van der Waals surface area contributed by atoms with Crippen molar-refractivity contribution in [2.75, 3.05) is 11.9 Å². The minimum Gasteiger partial charge on any atom is -0.481 e. The molecule has 0 aliphatic carbocycles. The number of benzene rings is 1. The van der Waals surface area contributed by atoms with Crippen LogP contribution in [0.25, 0.3) is 0 Å². The van der Waals surface area contributed by atoms with Crippen LogP contribution >= 0.6 is 23.2 Å². The first-order chi connectivity index (χ1) is 9.69. The van der Waals surface area contributed by atoms with Crippen molar-refractivity contribution in [2.45, 2.75) is 20.3 Å². The number of urea groups is 1. The highest BCUT2D eigenvalue weighted by Gasteiger charge is 2.31. The van der Waals surface area contributed by atoms with Crippen LogP contribution < -0.4 is 10.6 Å². The van der Waals surface area contributed by atoms with E-state index in [0.717, 1.165) is 12.1 Å². The number of rotatable bonds is 5. The molecule has 0 saturated heterocycles. The summed E-state index contributed by atoms with van der Waals surface area (Å²) < 4.78 is 13.0. The molecule has 0 heterocycles. The molecule has 1 aromatic carbocycles.